The summed E-state index contributed by atoms with van der Waals surface area (Å²) >= 11 is 0. The molecule has 0 spiro atoms. The highest BCUT2D eigenvalue weighted by molar-refractivity contribution is 5.54. The van der Waals surface area contributed by atoms with Crippen LogP contribution in [-0.4, -0.2) is 51.6 Å². The number of aliphatic hydroxyl groups is 4. The van der Waals surface area contributed by atoms with Gasteiger partial charge in [0, 0.05) is 5.92 Å². The molecule has 0 aliphatic heterocycles. The molecule has 1 fully saturated rings. The van der Waals surface area contributed by atoms with Crippen LogP contribution in [0.2, 0.25) is 0 Å². The fraction of sp³-hybridized carbons (Fsp3) is 0.900. The Morgan fingerprint density at radius 2 is 2.00 bits per heavy atom. The first-order valence-electron chi connectivity index (χ1n) is 5.18. The zero-order valence-electron chi connectivity index (χ0n) is 8.49. The van der Waals surface area contributed by atoms with Gasteiger partial charge in [-0.1, -0.05) is 0 Å². The fourth-order valence-electron chi connectivity index (χ4n) is 2.20. The molecule has 5 atom stereocenters. The van der Waals surface area contributed by atoms with Gasteiger partial charge in [-0.2, -0.15) is 0 Å². The van der Waals surface area contributed by atoms with Crippen LogP contribution in [0.25, 0.3) is 0 Å². The molecule has 1 aliphatic carbocycles. The van der Waals surface area contributed by atoms with Gasteiger partial charge in [0.1, 0.15) is 6.29 Å². The molecular formula is C10H18O5. The van der Waals surface area contributed by atoms with E-state index in [0.29, 0.717) is 12.7 Å². The van der Waals surface area contributed by atoms with E-state index in [2.05, 4.69) is 0 Å². The molecule has 0 aromatic heterocycles. The van der Waals surface area contributed by atoms with E-state index in [0.717, 1.165) is 0 Å². The van der Waals surface area contributed by atoms with Crippen LogP contribution in [0.3, 0.4) is 0 Å². The Bertz CT molecular complexity index is 208. The Hall–Kier alpha value is -0.490. The average Bonchev–Trinajstić information content (AvgIpc) is 2.54. The van der Waals surface area contributed by atoms with Crippen molar-refractivity contribution in [2.75, 3.05) is 6.61 Å². The second-order valence-corrected chi connectivity index (χ2v) is 4.23. The third-order valence-corrected chi connectivity index (χ3v) is 3.03. The molecule has 1 rings (SSSR count). The van der Waals surface area contributed by atoms with Crippen molar-refractivity contribution in [3.8, 4) is 0 Å². The van der Waals surface area contributed by atoms with Crippen LogP contribution < -0.4 is 0 Å². The normalized spacial score (nSPS) is 35.1. The monoisotopic (exact) mass is 218 g/mol. The summed E-state index contributed by atoms with van der Waals surface area (Å²) < 4.78 is 0. The van der Waals surface area contributed by atoms with Crippen LogP contribution in [0.1, 0.15) is 19.3 Å². The molecule has 4 N–H and O–H groups in total. The number of rotatable bonds is 5. The Kier molecular flexibility index (Phi) is 4.66. The maximum Gasteiger partial charge on any atom is 0.123 e. The van der Waals surface area contributed by atoms with Gasteiger partial charge in [-0.05, 0) is 25.2 Å². The third-order valence-electron chi connectivity index (χ3n) is 3.03. The predicted molar refractivity (Wildman–Crippen MR) is 52.0 cm³/mol. The molecule has 0 saturated heterocycles. The first-order chi connectivity index (χ1) is 7.08. The lowest BCUT2D eigenvalue weighted by Gasteiger charge is -2.22. The lowest BCUT2D eigenvalue weighted by molar-refractivity contribution is -0.115. The van der Waals surface area contributed by atoms with Gasteiger partial charge in [-0.3, -0.25) is 0 Å². The van der Waals surface area contributed by atoms with Gasteiger partial charge in [0.2, 0.25) is 0 Å². The summed E-state index contributed by atoms with van der Waals surface area (Å²) in [4.78, 5) is 10.8. The van der Waals surface area contributed by atoms with Crippen molar-refractivity contribution < 1.29 is 25.2 Å². The van der Waals surface area contributed by atoms with E-state index in [1.54, 1.807) is 0 Å². The minimum Gasteiger partial charge on any atom is -0.394 e. The number of carbonyl (C=O) groups is 1. The van der Waals surface area contributed by atoms with E-state index in [1.807, 2.05) is 0 Å². The molecule has 0 aromatic rings. The number of hydrogen-bond donors (Lipinski definition) is 4. The van der Waals surface area contributed by atoms with Crippen molar-refractivity contribution in [3.05, 3.63) is 0 Å². The molecule has 5 nitrogen and oxygen atoms in total. The Morgan fingerprint density at radius 1 is 1.33 bits per heavy atom. The summed E-state index contributed by atoms with van der Waals surface area (Å²) in [6, 6.07) is 0. The summed E-state index contributed by atoms with van der Waals surface area (Å²) in [5, 5.41) is 36.8. The van der Waals surface area contributed by atoms with Gasteiger partial charge in [0.25, 0.3) is 0 Å². The molecule has 88 valence electrons. The first-order valence-corrected chi connectivity index (χ1v) is 5.18. The van der Waals surface area contributed by atoms with Gasteiger partial charge in [0.05, 0.1) is 24.9 Å². The quantitative estimate of drug-likeness (QED) is 0.429. The number of carbonyl (C=O) groups excluding carboxylic acids is 1. The van der Waals surface area contributed by atoms with Crippen molar-refractivity contribution in [2.45, 2.75) is 37.6 Å². The van der Waals surface area contributed by atoms with Gasteiger partial charge >= 0.3 is 0 Å². The average molecular weight is 218 g/mol. The molecular weight excluding hydrogens is 200 g/mol. The van der Waals surface area contributed by atoms with E-state index < -0.39 is 30.8 Å². The van der Waals surface area contributed by atoms with Crippen molar-refractivity contribution >= 4 is 6.29 Å². The van der Waals surface area contributed by atoms with E-state index >= 15 is 0 Å². The fourth-order valence-corrected chi connectivity index (χ4v) is 2.20. The minimum atomic E-state index is -0.940. The summed E-state index contributed by atoms with van der Waals surface area (Å²) in [7, 11) is 0. The molecule has 0 bridgehead atoms. The highest BCUT2D eigenvalue weighted by Crippen LogP contribution is 2.33. The number of aliphatic hydroxyl groups excluding tert-OH is 4. The van der Waals surface area contributed by atoms with Crippen molar-refractivity contribution in [1.29, 1.82) is 0 Å². The Balaban J connectivity index is 2.54. The smallest absolute Gasteiger partial charge is 0.123 e. The second-order valence-electron chi connectivity index (χ2n) is 4.23. The van der Waals surface area contributed by atoms with Crippen LogP contribution in [0.15, 0.2) is 0 Å². The maximum atomic E-state index is 10.8. The predicted octanol–water partition coefficient (Wildman–Crippen LogP) is -1.32. The molecule has 5 unspecified atom stereocenters. The summed E-state index contributed by atoms with van der Waals surface area (Å²) in [6.45, 7) is -0.393. The molecule has 1 saturated carbocycles. The highest BCUT2D eigenvalue weighted by atomic mass is 16.3. The van der Waals surface area contributed by atoms with E-state index in [1.165, 1.54) is 0 Å². The lowest BCUT2D eigenvalue weighted by atomic mass is 9.86. The molecule has 0 radical (unpaired) electrons. The van der Waals surface area contributed by atoms with Gasteiger partial charge in [0.15, 0.2) is 0 Å². The van der Waals surface area contributed by atoms with E-state index in [4.69, 9.17) is 5.11 Å². The largest absolute Gasteiger partial charge is 0.394 e. The van der Waals surface area contributed by atoms with Crippen LogP contribution in [0, 0.1) is 11.8 Å². The summed E-state index contributed by atoms with van der Waals surface area (Å²) in [5.74, 6) is -0.807. The first kappa shape index (κ1) is 12.6. The summed E-state index contributed by atoms with van der Waals surface area (Å²) in [5.41, 5.74) is 0. The molecule has 0 amide bonds. The zero-order chi connectivity index (χ0) is 11.4. The number of aldehydes is 1. The molecule has 5 heteroatoms. The minimum absolute atomic E-state index is 0.133. The lowest BCUT2D eigenvalue weighted by Crippen LogP contribution is -2.28. The topological polar surface area (TPSA) is 98.0 Å². The highest BCUT2D eigenvalue weighted by Gasteiger charge is 2.37. The molecule has 1 aliphatic rings. The van der Waals surface area contributed by atoms with E-state index in [9.17, 15) is 20.1 Å². The van der Waals surface area contributed by atoms with Crippen molar-refractivity contribution in [3.63, 3.8) is 0 Å². The second kappa shape index (κ2) is 5.55. The van der Waals surface area contributed by atoms with Crippen LogP contribution in [-0.2, 0) is 4.79 Å². The van der Waals surface area contributed by atoms with Crippen LogP contribution in [0.5, 0.6) is 0 Å². The number of hydrogen-bond acceptors (Lipinski definition) is 5. The molecule has 0 aromatic carbocycles. The zero-order valence-corrected chi connectivity index (χ0v) is 8.49. The Morgan fingerprint density at radius 3 is 2.40 bits per heavy atom. The SMILES string of the molecule is O=CC(CC(O)CO)C1CC(O)CC1O. The standard InChI is InChI=1S/C10H18O5/c11-4-6(1-8(14)5-12)9-2-7(13)3-10(9)15/h4,6-10,12-15H,1-3,5H2. The van der Waals surface area contributed by atoms with E-state index in [-0.39, 0.29) is 18.8 Å². The third kappa shape index (κ3) is 3.24. The maximum absolute atomic E-state index is 10.8. The molecule has 0 heterocycles. The van der Waals surface area contributed by atoms with Crippen LogP contribution >= 0.6 is 0 Å². The van der Waals surface area contributed by atoms with Crippen LogP contribution in [0.4, 0.5) is 0 Å². The van der Waals surface area contributed by atoms with Crippen molar-refractivity contribution in [1.82, 2.24) is 0 Å². The van der Waals surface area contributed by atoms with Gasteiger partial charge < -0.3 is 25.2 Å². The van der Waals surface area contributed by atoms with Gasteiger partial charge in [-0.25, -0.2) is 0 Å². The van der Waals surface area contributed by atoms with Gasteiger partial charge in [-0.15, -0.1) is 0 Å². The summed E-state index contributed by atoms with van der Waals surface area (Å²) in [6.07, 6.45) is -0.725. The van der Waals surface area contributed by atoms with Crippen molar-refractivity contribution in [2.24, 2.45) is 11.8 Å². The molecule has 15 heavy (non-hydrogen) atoms. The Labute approximate surface area is 88.4 Å².